The minimum absolute atomic E-state index is 0.0310. The zero-order chi connectivity index (χ0) is 22.1. The topological polar surface area (TPSA) is 137 Å². The van der Waals surface area contributed by atoms with Gasteiger partial charge in [0.05, 0.1) is 16.0 Å². The van der Waals surface area contributed by atoms with Crippen molar-refractivity contribution in [1.82, 2.24) is 20.1 Å². The number of sulfonamides is 1. The summed E-state index contributed by atoms with van der Waals surface area (Å²) in [5.41, 5.74) is 3.59. The maximum Gasteiger partial charge on any atom is 0.238 e. The van der Waals surface area contributed by atoms with Gasteiger partial charge in [0.2, 0.25) is 16.0 Å². The highest BCUT2D eigenvalue weighted by Crippen LogP contribution is 2.31. The third kappa shape index (κ3) is 3.92. The summed E-state index contributed by atoms with van der Waals surface area (Å²) in [6.07, 6.45) is 3.34. The van der Waals surface area contributed by atoms with Crippen LogP contribution in [0.15, 0.2) is 88.5 Å². The average molecular weight is 444 g/mol. The molecule has 10 heteroatoms. The van der Waals surface area contributed by atoms with E-state index in [4.69, 9.17) is 9.66 Å². The van der Waals surface area contributed by atoms with E-state index in [0.717, 1.165) is 16.5 Å². The van der Waals surface area contributed by atoms with Crippen molar-refractivity contribution in [1.29, 1.82) is 0 Å². The number of benzene rings is 2. The molecule has 3 N–H and O–H groups in total. The predicted molar refractivity (Wildman–Crippen MR) is 119 cm³/mol. The Hall–Kier alpha value is -4.15. The Balaban J connectivity index is 1.46. The number of nitrogens with two attached hydrogens (primary N) is 1. The zero-order valence-corrected chi connectivity index (χ0v) is 17.3. The van der Waals surface area contributed by atoms with E-state index >= 15 is 0 Å². The fourth-order valence-electron chi connectivity index (χ4n) is 3.22. The number of rotatable bonds is 5. The highest BCUT2D eigenvalue weighted by molar-refractivity contribution is 7.89. The molecule has 0 saturated heterocycles. The van der Waals surface area contributed by atoms with E-state index in [1.165, 1.54) is 12.1 Å². The summed E-state index contributed by atoms with van der Waals surface area (Å²) in [6.45, 7) is 0. The first kappa shape index (κ1) is 19.8. The molecule has 0 radical (unpaired) electrons. The molecule has 32 heavy (non-hydrogen) atoms. The first-order chi connectivity index (χ1) is 15.5. The molecule has 0 saturated carbocycles. The monoisotopic (exact) mass is 444 g/mol. The molecular weight excluding hydrogens is 428 g/mol. The number of primary sulfonamides is 1. The lowest BCUT2D eigenvalue weighted by Crippen LogP contribution is -2.11. The van der Waals surface area contributed by atoms with Crippen molar-refractivity contribution < 1.29 is 12.9 Å². The van der Waals surface area contributed by atoms with E-state index < -0.39 is 10.0 Å². The SMILES string of the molecule is NS(=O)(=O)c1ccc(Nc2nccc(-c3ccc4noc(-c5ccccn5)c4c3)n2)cc1. The van der Waals surface area contributed by atoms with Crippen molar-refractivity contribution in [3.05, 3.63) is 79.1 Å². The normalized spacial score (nSPS) is 11.5. The molecule has 0 atom stereocenters. The summed E-state index contributed by atoms with van der Waals surface area (Å²) < 4.78 is 28.3. The van der Waals surface area contributed by atoms with E-state index in [1.807, 2.05) is 36.4 Å². The largest absolute Gasteiger partial charge is 0.353 e. The summed E-state index contributed by atoms with van der Waals surface area (Å²) in [4.78, 5) is 13.2. The van der Waals surface area contributed by atoms with E-state index in [1.54, 1.807) is 30.6 Å². The van der Waals surface area contributed by atoms with Crippen molar-refractivity contribution >= 4 is 32.6 Å². The molecule has 5 aromatic rings. The molecule has 9 nitrogen and oxygen atoms in total. The number of fused-ring (bicyclic) bond motifs is 1. The molecule has 0 aliphatic heterocycles. The molecule has 2 aromatic carbocycles. The van der Waals surface area contributed by atoms with Crippen molar-refractivity contribution in [2.45, 2.75) is 4.90 Å². The van der Waals surface area contributed by atoms with Crippen LogP contribution in [0.5, 0.6) is 0 Å². The van der Waals surface area contributed by atoms with Gasteiger partial charge in [-0.15, -0.1) is 0 Å². The average Bonchev–Trinajstić information content (AvgIpc) is 3.23. The van der Waals surface area contributed by atoms with Crippen LogP contribution in [0.4, 0.5) is 11.6 Å². The van der Waals surface area contributed by atoms with Crippen LogP contribution in [0.25, 0.3) is 33.6 Å². The van der Waals surface area contributed by atoms with Gasteiger partial charge in [0.25, 0.3) is 0 Å². The lowest BCUT2D eigenvalue weighted by molar-refractivity contribution is 0.439. The first-order valence-electron chi connectivity index (χ1n) is 9.51. The molecule has 0 unspecified atom stereocenters. The second-order valence-electron chi connectivity index (χ2n) is 6.92. The lowest BCUT2D eigenvalue weighted by Gasteiger charge is -2.07. The molecule has 0 fully saturated rings. The van der Waals surface area contributed by atoms with Gasteiger partial charge in [-0.1, -0.05) is 17.3 Å². The van der Waals surface area contributed by atoms with Crippen molar-refractivity contribution in [3.63, 3.8) is 0 Å². The van der Waals surface area contributed by atoms with Gasteiger partial charge in [-0.2, -0.15) is 0 Å². The number of anilines is 2. The number of nitrogens with zero attached hydrogens (tertiary/aromatic N) is 4. The summed E-state index contributed by atoms with van der Waals surface area (Å²) in [5, 5.41) is 13.1. The van der Waals surface area contributed by atoms with E-state index in [0.29, 0.717) is 28.8 Å². The smallest absolute Gasteiger partial charge is 0.238 e. The molecule has 5 rings (SSSR count). The minimum atomic E-state index is -3.75. The van der Waals surface area contributed by atoms with Crippen LogP contribution in [-0.4, -0.2) is 28.5 Å². The Labute approximate surface area is 183 Å². The molecular formula is C22H16N6O3S. The molecule has 0 spiro atoms. The summed E-state index contributed by atoms with van der Waals surface area (Å²) in [6, 6.07) is 19.1. The first-order valence-corrected chi connectivity index (χ1v) is 11.1. The molecule has 0 aliphatic rings. The predicted octanol–water partition coefficient (Wildman–Crippen LogP) is 3.74. The Kier molecular flexibility index (Phi) is 4.85. The second kappa shape index (κ2) is 7.84. The molecule has 0 amide bonds. The maximum absolute atomic E-state index is 11.4. The standard InChI is InChI=1S/C22H16N6O3S/c23-32(29,30)16-7-5-15(6-8-16)26-22-25-12-10-18(27-22)14-4-9-19-17(13-14)21(31-28-19)20-3-1-2-11-24-20/h1-13H,(H2,23,29,30)(H,25,26,27). The van der Waals surface area contributed by atoms with Crippen LogP contribution in [0, 0.1) is 0 Å². The van der Waals surface area contributed by atoms with E-state index in [9.17, 15) is 8.42 Å². The van der Waals surface area contributed by atoms with Crippen LogP contribution >= 0.6 is 0 Å². The van der Waals surface area contributed by atoms with Gasteiger partial charge in [-0.05, 0) is 54.6 Å². The fourth-order valence-corrected chi connectivity index (χ4v) is 3.73. The van der Waals surface area contributed by atoms with Crippen molar-refractivity contribution in [3.8, 4) is 22.7 Å². The molecule has 0 aliphatic carbocycles. The lowest BCUT2D eigenvalue weighted by atomic mass is 10.1. The van der Waals surface area contributed by atoms with Gasteiger partial charge < -0.3 is 9.84 Å². The van der Waals surface area contributed by atoms with Crippen LogP contribution in [0.1, 0.15) is 0 Å². The highest BCUT2D eigenvalue weighted by Gasteiger charge is 2.14. The number of hydrogen-bond acceptors (Lipinski definition) is 8. The van der Waals surface area contributed by atoms with E-state index in [2.05, 4.69) is 25.4 Å². The second-order valence-corrected chi connectivity index (χ2v) is 8.48. The van der Waals surface area contributed by atoms with Gasteiger partial charge in [0.1, 0.15) is 11.2 Å². The number of nitrogens with one attached hydrogen (secondary N) is 1. The minimum Gasteiger partial charge on any atom is -0.353 e. The number of hydrogen-bond donors (Lipinski definition) is 2. The summed E-state index contributed by atoms with van der Waals surface area (Å²) in [7, 11) is -3.75. The third-order valence-electron chi connectivity index (χ3n) is 4.76. The third-order valence-corrected chi connectivity index (χ3v) is 5.69. The van der Waals surface area contributed by atoms with Crippen molar-refractivity contribution in [2.24, 2.45) is 5.14 Å². The highest BCUT2D eigenvalue weighted by atomic mass is 32.2. The number of pyridine rings is 1. The number of aromatic nitrogens is 4. The summed E-state index contributed by atoms with van der Waals surface area (Å²) in [5.74, 6) is 0.950. The Bertz CT molecular complexity index is 1520. The zero-order valence-electron chi connectivity index (χ0n) is 16.5. The van der Waals surface area contributed by atoms with Crippen LogP contribution < -0.4 is 10.5 Å². The molecule has 3 aromatic heterocycles. The molecule has 158 valence electrons. The van der Waals surface area contributed by atoms with Crippen molar-refractivity contribution in [2.75, 3.05) is 5.32 Å². The summed E-state index contributed by atoms with van der Waals surface area (Å²) >= 11 is 0. The van der Waals surface area contributed by atoms with Crippen LogP contribution in [0.3, 0.4) is 0 Å². The van der Waals surface area contributed by atoms with Gasteiger partial charge >= 0.3 is 0 Å². The van der Waals surface area contributed by atoms with E-state index in [-0.39, 0.29) is 4.90 Å². The van der Waals surface area contributed by atoms with Crippen LogP contribution in [0.2, 0.25) is 0 Å². The van der Waals surface area contributed by atoms with Gasteiger partial charge in [0.15, 0.2) is 5.76 Å². The quantitative estimate of drug-likeness (QED) is 0.418. The Morgan fingerprint density at radius 2 is 1.72 bits per heavy atom. The van der Waals surface area contributed by atoms with Gasteiger partial charge in [0, 0.05) is 23.6 Å². The van der Waals surface area contributed by atoms with Gasteiger partial charge in [-0.3, -0.25) is 4.98 Å². The van der Waals surface area contributed by atoms with Gasteiger partial charge in [-0.25, -0.2) is 23.5 Å². The Morgan fingerprint density at radius 1 is 0.875 bits per heavy atom. The Morgan fingerprint density at radius 3 is 2.47 bits per heavy atom. The maximum atomic E-state index is 11.4. The van der Waals surface area contributed by atoms with Crippen LogP contribution in [-0.2, 0) is 10.0 Å². The fraction of sp³-hybridized carbons (Fsp3) is 0. The molecule has 3 heterocycles. The molecule has 0 bridgehead atoms.